The third-order valence-electron chi connectivity index (χ3n) is 4.11. The van der Waals surface area contributed by atoms with Crippen LogP contribution in [0.4, 0.5) is 0 Å². The minimum absolute atomic E-state index is 0.142. The lowest BCUT2D eigenvalue weighted by Gasteiger charge is -2.05. The van der Waals surface area contributed by atoms with E-state index in [-0.39, 0.29) is 5.91 Å². The topological polar surface area (TPSA) is 46.9 Å². The number of rotatable bonds is 5. The van der Waals surface area contributed by atoms with Gasteiger partial charge >= 0.3 is 0 Å². The first-order valence-corrected chi connectivity index (χ1v) is 9.68. The lowest BCUT2D eigenvalue weighted by atomic mass is 10.2. The van der Waals surface area contributed by atoms with E-state index in [1.165, 1.54) is 0 Å². The van der Waals surface area contributed by atoms with E-state index in [0.717, 1.165) is 21.8 Å². The number of halogens is 1. The van der Waals surface area contributed by atoms with E-state index in [1.54, 1.807) is 35.6 Å². The van der Waals surface area contributed by atoms with Crippen molar-refractivity contribution in [3.8, 4) is 16.3 Å². The Morgan fingerprint density at radius 2 is 1.81 bits per heavy atom. The number of amides is 1. The summed E-state index contributed by atoms with van der Waals surface area (Å²) in [6.07, 6.45) is 1.96. The predicted octanol–water partition coefficient (Wildman–Crippen LogP) is 5.18. The van der Waals surface area contributed by atoms with Crippen LogP contribution < -0.4 is 5.32 Å². The maximum atomic E-state index is 12.4. The number of benzene rings is 2. The summed E-state index contributed by atoms with van der Waals surface area (Å²) in [5, 5.41) is 10.3. The minimum atomic E-state index is -0.142. The summed E-state index contributed by atoms with van der Waals surface area (Å²) in [4.78, 5) is 13.5. The highest BCUT2D eigenvalue weighted by atomic mass is 35.5. The lowest BCUT2D eigenvalue weighted by Crippen LogP contribution is -2.22. The third kappa shape index (κ3) is 3.94. The summed E-state index contributed by atoms with van der Waals surface area (Å²) >= 11 is 7.51. The Bertz CT molecular complexity index is 1040. The number of carbonyl (C=O) groups is 1. The summed E-state index contributed by atoms with van der Waals surface area (Å²) in [5.41, 5.74) is 3.40. The molecule has 4 nitrogen and oxygen atoms in total. The summed E-state index contributed by atoms with van der Waals surface area (Å²) < 4.78 is 1.85. The van der Waals surface area contributed by atoms with E-state index in [4.69, 9.17) is 16.7 Å². The smallest absolute Gasteiger partial charge is 0.251 e. The molecule has 0 saturated heterocycles. The normalized spacial score (nSPS) is 10.7. The molecule has 0 saturated carbocycles. The number of thiophene rings is 1. The molecule has 2 aromatic carbocycles. The standard InChI is InChI=1S/C21H16ClN3OS/c22-17-10-8-15(9-11-17)21(26)23-13-16-14-25(18-5-2-1-3-6-18)24-20(16)19-7-4-12-27-19/h1-12,14H,13H2,(H,23,26). The van der Waals surface area contributed by atoms with Gasteiger partial charge in [0, 0.05) is 28.9 Å². The monoisotopic (exact) mass is 393 g/mol. The molecule has 0 unspecified atom stereocenters. The zero-order chi connectivity index (χ0) is 18.6. The molecule has 0 aliphatic heterocycles. The van der Waals surface area contributed by atoms with Crippen LogP contribution in [0.15, 0.2) is 78.3 Å². The number of hydrogen-bond acceptors (Lipinski definition) is 3. The molecule has 4 rings (SSSR count). The van der Waals surface area contributed by atoms with Crippen molar-refractivity contribution in [3.05, 3.63) is 94.5 Å². The fourth-order valence-corrected chi connectivity index (χ4v) is 3.62. The molecule has 0 aliphatic carbocycles. The molecule has 0 atom stereocenters. The van der Waals surface area contributed by atoms with E-state index in [1.807, 2.05) is 58.7 Å². The molecule has 0 spiro atoms. The fourth-order valence-electron chi connectivity index (χ4n) is 2.75. The molecule has 0 fully saturated rings. The van der Waals surface area contributed by atoms with Gasteiger partial charge in [-0.05, 0) is 47.8 Å². The highest BCUT2D eigenvalue weighted by molar-refractivity contribution is 7.13. The van der Waals surface area contributed by atoms with Crippen molar-refractivity contribution in [2.75, 3.05) is 0 Å². The Kier molecular flexibility index (Phi) is 5.05. The number of aromatic nitrogens is 2. The van der Waals surface area contributed by atoms with Crippen LogP contribution >= 0.6 is 22.9 Å². The number of para-hydroxylation sites is 1. The maximum absolute atomic E-state index is 12.4. The van der Waals surface area contributed by atoms with Crippen molar-refractivity contribution >= 4 is 28.8 Å². The third-order valence-corrected chi connectivity index (χ3v) is 5.24. The van der Waals surface area contributed by atoms with Crippen LogP contribution in [-0.2, 0) is 6.54 Å². The van der Waals surface area contributed by atoms with Gasteiger partial charge in [-0.3, -0.25) is 4.79 Å². The number of nitrogens with one attached hydrogen (secondary N) is 1. The lowest BCUT2D eigenvalue weighted by molar-refractivity contribution is 0.0951. The first kappa shape index (κ1) is 17.5. The van der Waals surface area contributed by atoms with Gasteiger partial charge in [0.2, 0.25) is 0 Å². The summed E-state index contributed by atoms with van der Waals surface area (Å²) in [7, 11) is 0. The van der Waals surface area contributed by atoms with Gasteiger partial charge in [-0.1, -0.05) is 35.9 Å². The van der Waals surface area contributed by atoms with Crippen LogP contribution in [-0.4, -0.2) is 15.7 Å². The SMILES string of the molecule is O=C(NCc1cn(-c2ccccc2)nc1-c1cccs1)c1ccc(Cl)cc1. The predicted molar refractivity (Wildman–Crippen MR) is 109 cm³/mol. The summed E-state index contributed by atoms with van der Waals surface area (Å²) in [5.74, 6) is -0.142. The molecule has 1 N–H and O–H groups in total. The molecular formula is C21H16ClN3OS. The van der Waals surface area contributed by atoms with Gasteiger partial charge in [0.15, 0.2) is 0 Å². The molecule has 0 bridgehead atoms. The Morgan fingerprint density at radius 1 is 1.04 bits per heavy atom. The van der Waals surface area contributed by atoms with Crippen molar-refractivity contribution in [1.29, 1.82) is 0 Å². The molecule has 4 aromatic rings. The molecule has 2 aromatic heterocycles. The van der Waals surface area contributed by atoms with Crippen LogP contribution in [0.2, 0.25) is 5.02 Å². The van der Waals surface area contributed by atoms with Gasteiger partial charge in [0.25, 0.3) is 5.91 Å². The fraction of sp³-hybridized carbons (Fsp3) is 0.0476. The van der Waals surface area contributed by atoms with Crippen LogP contribution in [0, 0.1) is 0 Å². The largest absolute Gasteiger partial charge is 0.348 e. The molecule has 1 amide bonds. The van der Waals surface area contributed by atoms with E-state index in [0.29, 0.717) is 17.1 Å². The van der Waals surface area contributed by atoms with Crippen LogP contribution in [0.25, 0.3) is 16.3 Å². The van der Waals surface area contributed by atoms with Crippen LogP contribution in [0.3, 0.4) is 0 Å². The average Bonchev–Trinajstić information content (AvgIpc) is 3.37. The summed E-state index contributed by atoms with van der Waals surface area (Å²) in [6, 6.07) is 20.8. The van der Waals surface area contributed by atoms with Crippen molar-refractivity contribution in [1.82, 2.24) is 15.1 Å². The van der Waals surface area contributed by atoms with E-state index in [9.17, 15) is 4.79 Å². The average molecular weight is 394 g/mol. The highest BCUT2D eigenvalue weighted by Gasteiger charge is 2.14. The Morgan fingerprint density at radius 3 is 2.52 bits per heavy atom. The number of hydrogen-bond donors (Lipinski definition) is 1. The van der Waals surface area contributed by atoms with Crippen LogP contribution in [0.1, 0.15) is 15.9 Å². The molecule has 0 aliphatic rings. The zero-order valence-corrected chi connectivity index (χ0v) is 15.9. The highest BCUT2D eigenvalue weighted by Crippen LogP contribution is 2.27. The van der Waals surface area contributed by atoms with Crippen molar-refractivity contribution in [2.45, 2.75) is 6.54 Å². The Labute approximate surface area is 166 Å². The molecule has 134 valence electrons. The first-order valence-electron chi connectivity index (χ1n) is 8.42. The first-order chi connectivity index (χ1) is 13.2. The van der Waals surface area contributed by atoms with Crippen molar-refractivity contribution < 1.29 is 4.79 Å². The van der Waals surface area contributed by atoms with Crippen molar-refractivity contribution in [2.24, 2.45) is 0 Å². The molecule has 27 heavy (non-hydrogen) atoms. The van der Waals surface area contributed by atoms with Gasteiger partial charge in [-0.25, -0.2) is 4.68 Å². The summed E-state index contributed by atoms with van der Waals surface area (Å²) in [6.45, 7) is 0.390. The number of carbonyl (C=O) groups excluding carboxylic acids is 1. The van der Waals surface area contributed by atoms with Gasteiger partial charge < -0.3 is 5.32 Å². The molecule has 0 radical (unpaired) electrons. The molecular weight excluding hydrogens is 378 g/mol. The molecule has 2 heterocycles. The second kappa shape index (κ2) is 7.78. The van der Waals surface area contributed by atoms with Crippen molar-refractivity contribution in [3.63, 3.8) is 0 Å². The Balaban J connectivity index is 1.60. The van der Waals surface area contributed by atoms with E-state index >= 15 is 0 Å². The van der Waals surface area contributed by atoms with Gasteiger partial charge in [-0.2, -0.15) is 5.10 Å². The Hall–Kier alpha value is -2.89. The second-order valence-corrected chi connectivity index (χ2v) is 7.33. The number of nitrogens with zero attached hydrogens (tertiary/aromatic N) is 2. The van der Waals surface area contributed by atoms with Gasteiger partial charge in [0.05, 0.1) is 10.6 Å². The van der Waals surface area contributed by atoms with Crippen LogP contribution in [0.5, 0.6) is 0 Å². The maximum Gasteiger partial charge on any atom is 0.251 e. The molecule has 6 heteroatoms. The second-order valence-electron chi connectivity index (χ2n) is 5.95. The minimum Gasteiger partial charge on any atom is -0.348 e. The van der Waals surface area contributed by atoms with Gasteiger partial charge in [-0.15, -0.1) is 11.3 Å². The van der Waals surface area contributed by atoms with E-state index < -0.39 is 0 Å². The van der Waals surface area contributed by atoms with Gasteiger partial charge in [0.1, 0.15) is 5.69 Å². The quantitative estimate of drug-likeness (QED) is 0.507. The van der Waals surface area contributed by atoms with E-state index in [2.05, 4.69) is 5.32 Å². The zero-order valence-electron chi connectivity index (χ0n) is 14.3.